The second-order valence-electron chi connectivity index (χ2n) is 21.8. The number of ether oxygens (including phenoxy) is 2. The van der Waals surface area contributed by atoms with Crippen LogP contribution in [-0.2, 0) is 25.6 Å². The van der Waals surface area contributed by atoms with Gasteiger partial charge < -0.3 is 18.9 Å². The number of carbonyl (C=O) groups is 2. The van der Waals surface area contributed by atoms with Gasteiger partial charge >= 0.3 is 11.9 Å². The second kappa shape index (κ2) is 51.0. The van der Waals surface area contributed by atoms with Gasteiger partial charge in [-0.3, -0.25) is 9.59 Å². The molecular weight excluding hydrogens is 851 g/mol. The smallest absolute Gasteiger partial charge is 0.305 e. The summed E-state index contributed by atoms with van der Waals surface area (Å²) in [7, 11) is 0. The van der Waals surface area contributed by atoms with Crippen LogP contribution >= 0.6 is 0 Å². The van der Waals surface area contributed by atoms with E-state index in [4.69, 9.17) is 9.47 Å². The van der Waals surface area contributed by atoms with Crippen molar-refractivity contribution in [1.29, 1.82) is 0 Å². The third-order valence-corrected chi connectivity index (χ3v) is 15.1. The lowest BCUT2D eigenvalue weighted by molar-refractivity contribution is -0.146. The number of unbranched alkanes of at least 4 members (excludes halogenated alkanes) is 32. The van der Waals surface area contributed by atoms with Gasteiger partial charge in [-0.05, 0) is 83.2 Å². The summed E-state index contributed by atoms with van der Waals surface area (Å²) < 4.78 is 14.1. The van der Waals surface area contributed by atoms with E-state index in [2.05, 4.69) is 55.3 Å². The Kier molecular flexibility index (Phi) is 48.2. The van der Waals surface area contributed by atoms with E-state index in [1.165, 1.54) is 244 Å². The van der Waals surface area contributed by atoms with E-state index >= 15 is 0 Å². The van der Waals surface area contributed by atoms with E-state index in [1.54, 1.807) is 0 Å². The maximum Gasteiger partial charge on any atom is 0.305 e. The normalized spacial score (nSPS) is 12.6. The van der Waals surface area contributed by atoms with Gasteiger partial charge in [0.1, 0.15) is 5.82 Å². The third-order valence-electron chi connectivity index (χ3n) is 15.1. The van der Waals surface area contributed by atoms with E-state index in [-0.39, 0.29) is 11.9 Å². The van der Waals surface area contributed by atoms with Gasteiger partial charge in [0.25, 0.3) is 0 Å². The fourth-order valence-corrected chi connectivity index (χ4v) is 10.2. The highest BCUT2D eigenvalue weighted by molar-refractivity contribution is 5.69. The van der Waals surface area contributed by atoms with E-state index in [0.29, 0.717) is 37.9 Å². The second-order valence-corrected chi connectivity index (χ2v) is 21.8. The van der Waals surface area contributed by atoms with Crippen molar-refractivity contribution in [2.75, 3.05) is 32.8 Å². The van der Waals surface area contributed by atoms with Gasteiger partial charge in [-0.15, -0.1) is 0 Å². The summed E-state index contributed by atoms with van der Waals surface area (Å²) in [5.41, 5.74) is 0. The molecule has 2 unspecified atom stereocenters. The molecule has 1 heterocycles. The molecule has 0 aromatic carbocycles. The van der Waals surface area contributed by atoms with Gasteiger partial charge in [0, 0.05) is 38.3 Å². The highest BCUT2D eigenvalue weighted by atomic mass is 16.5. The third kappa shape index (κ3) is 43.4. The fourth-order valence-electron chi connectivity index (χ4n) is 10.2. The van der Waals surface area contributed by atoms with Crippen molar-refractivity contribution in [1.82, 2.24) is 14.5 Å². The van der Waals surface area contributed by atoms with Crippen LogP contribution in [0, 0.1) is 18.8 Å². The van der Waals surface area contributed by atoms with Gasteiger partial charge in [0.2, 0.25) is 0 Å². The van der Waals surface area contributed by atoms with Crippen LogP contribution in [0.5, 0.6) is 0 Å². The van der Waals surface area contributed by atoms with Crippen LogP contribution in [0.25, 0.3) is 0 Å². The summed E-state index contributed by atoms with van der Waals surface area (Å²) in [6, 6.07) is 0. The first-order valence-electron chi connectivity index (χ1n) is 30.9. The molecule has 69 heavy (non-hydrogen) atoms. The predicted octanol–water partition coefficient (Wildman–Crippen LogP) is 19.1. The minimum Gasteiger partial charge on any atom is -0.465 e. The summed E-state index contributed by atoms with van der Waals surface area (Å²) >= 11 is 0. The summed E-state index contributed by atoms with van der Waals surface area (Å²) in [5.74, 6) is 2.19. The first-order chi connectivity index (χ1) is 33.9. The lowest BCUT2D eigenvalue weighted by atomic mass is 9.94. The molecule has 2 atom stereocenters. The number of carbonyl (C=O) groups excluding carboxylic acids is 2. The minimum absolute atomic E-state index is 0.0200. The minimum atomic E-state index is 0.0200. The number of rotatable bonds is 55. The summed E-state index contributed by atoms with van der Waals surface area (Å²) in [6.07, 6.45) is 58.9. The van der Waals surface area contributed by atoms with E-state index in [0.717, 1.165) is 57.7 Å². The molecule has 1 aromatic rings. The molecule has 1 aromatic heterocycles. The molecule has 0 saturated carbocycles. The first-order valence-corrected chi connectivity index (χ1v) is 30.9. The molecule has 0 amide bonds. The molecule has 0 spiro atoms. The molecular formula is C62H119N3O4. The highest BCUT2D eigenvalue weighted by Crippen LogP contribution is 2.23. The van der Waals surface area contributed by atoms with Crippen molar-refractivity contribution in [3.63, 3.8) is 0 Å². The average molecular weight is 971 g/mol. The highest BCUT2D eigenvalue weighted by Gasteiger charge is 2.15. The van der Waals surface area contributed by atoms with Crippen molar-refractivity contribution in [2.45, 2.75) is 324 Å². The first kappa shape index (κ1) is 65.1. The molecule has 0 saturated heterocycles. The molecule has 0 radical (unpaired) electrons. The number of nitrogens with zero attached hydrogens (tertiary/aromatic N) is 3. The molecule has 0 bridgehead atoms. The SMILES string of the molecule is CCCCCCCCCCC(CCCCCCCC)COC(=O)CCCCCCCN(CCCCCCCC(=O)OCC(CCCCCCCC)CCCCCCCCCC)CCn1ccnc1C. The Morgan fingerprint density at radius 2 is 0.739 bits per heavy atom. The Bertz CT molecular complexity index is 1150. The number of esters is 2. The van der Waals surface area contributed by atoms with Gasteiger partial charge in [0.05, 0.1) is 13.2 Å². The topological polar surface area (TPSA) is 73.7 Å². The maximum atomic E-state index is 12.8. The van der Waals surface area contributed by atoms with Crippen LogP contribution in [0.2, 0.25) is 0 Å². The van der Waals surface area contributed by atoms with Crippen LogP contribution in [0.15, 0.2) is 12.4 Å². The molecule has 7 heteroatoms. The molecule has 0 aliphatic heterocycles. The van der Waals surface area contributed by atoms with E-state index in [1.807, 2.05) is 6.20 Å². The van der Waals surface area contributed by atoms with E-state index in [9.17, 15) is 9.59 Å². The Morgan fingerprint density at radius 1 is 0.435 bits per heavy atom. The summed E-state index contributed by atoms with van der Waals surface area (Å²) in [4.78, 5) is 32.7. The molecule has 1 rings (SSSR count). The van der Waals surface area contributed by atoms with Crippen molar-refractivity contribution < 1.29 is 19.1 Å². The largest absolute Gasteiger partial charge is 0.465 e. The zero-order valence-corrected chi connectivity index (χ0v) is 47.1. The van der Waals surface area contributed by atoms with Crippen LogP contribution in [-0.4, -0.2) is 59.2 Å². The number of aromatic nitrogens is 2. The Hall–Kier alpha value is -1.89. The monoisotopic (exact) mass is 970 g/mol. The van der Waals surface area contributed by atoms with Crippen molar-refractivity contribution in [2.24, 2.45) is 11.8 Å². The van der Waals surface area contributed by atoms with Gasteiger partial charge in [-0.1, -0.05) is 246 Å². The number of hydrogen-bond donors (Lipinski definition) is 0. The van der Waals surface area contributed by atoms with Crippen molar-refractivity contribution >= 4 is 11.9 Å². The quantitative estimate of drug-likeness (QED) is 0.0478. The van der Waals surface area contributed by atoms with Gasteiger partial charge in [-0.25, -0.2) is 4.98 Å². The van der Waals surface area contributed by atoms with Crippen LogP contribution in [0.3, 0.4) is 0 Å². The zero-order valence-electron chi connectivity index (χ0n) is 47.1. The standard InChI is InChI=1S/C62H119N3O4/c1-6-10-14-18-22-24-30-38-46-59(44-36-28-20-16-12-8-3)56-68-61(66)48-40-32-26-34-42-51-64(54-55-65-53-50-63-58(65)5)52-43-35-27-33-41-49-62(67)69-57-60(45-37-29-21-17-13-9-4)47-39-31-25-23-19-15-11-7-2/h50,53,59-60H,6-49,51-52,54-57H2,1-5H3. The number of imidazole rings is 1. The van der Waals surface area contributed by atoms with Crippen LogP contribution in [0.1, 0.15) is 316 Å². The molecule has 406 valence electrons. The molecule has 0 N–H and O–H groups in total. The van der Waals surface area contributed by atoms with Gasteiger partial charge in [-0.2, -0.15) is 0 Å². The van der Waals surface area contributed by atoms with Crippen LogP contribution < -0.4 is 0 Å². The lowest BCUT2D eigenvalue weighted by Gasteiger charge is -2.23. The zero-order chi connectivity index (χ0) is 49.9. The Labute approximate surface area is 430 Å². The molecule has 7 nitrogen and oxygen atoms in total. The van der Waals surface area contributed by atoms with E-state index < -0.39 is 0 Å². The number of aryl methyl sites for hydroxylation is 1. The van der Waals surface area contributed by atoms with Crippen molar-refractivity contribution in [3.05, 3.63) is 18.2 Å². The maximum absolute atomic E-state index is 12.8. The summed E-state index contributed by atoms with van der Waals surface area (Å²) in [6.45, 7) is 16.8. The average Bonchev–Trinajstić information content (AvgIpc) is 3.77. The fraction of sp³-hybridized carbons (Fsp3) is 0.919. The molecule has 0 fully saturated rings. The predicted molar refractivity (Wildman–Crippen MR) is 298 cm³/mol. The van der Waals surface area contributed by atoms with Crippen molar-refractivity contribution in [3.8, 4) is 0 Å². The molecule has 0 aliphatic carbocycles. The molecule has 0 aliphatic rings. The van der Waals surface area contributed by atoms with Gasteiger partial charge in [0.15, 0.2) is 0 Å². The summed E-state index contributed by atoms with van der Waals surface area (Å²) in [5, 5.41) is 0. The van der Waals surface area contributed by atoms with Crippen LogP contribution in [0.4, 0.5) is 0 Å². The Balaban J connectivity index is 2.36. The lowest BCUT2D eigenvalue weighted by Crippen LogP contribution is -2.30. The number of hydrogen-bond acceptors (Lipinski definition) is 6. The Morgan fingerprint density at radius 3 is 1.06 bits per heavy atom.